The summed E-state index contributed by atoms with van der Waals surface area (Å²) in [7, 11) is 0. The first kappa shape index (κ1) is 17.2. The van der Waals surface area contributed by atoms with Crippen LogP contribution in [-0.4, -0.2) is 28.5 Å². The second-order valence-corrected chi connectivity index (χ2v) is 5.12. The fraction of sp³-hybridized carbons (Fsp3) is 0.333. The predicted molar refractivity (Wildman–Crippen MR) is 76.9 cm³/mol. The van der Waals surface area contributed by atoms with Crippen LogP contribution in [0.3, 0.4) is 0 Å². The van der Waals surface area contributed by atoms with Crippen LogP contribution in [0, 0.1) is 16.0 Å². The molecule has 0 spiro atoms. The van der Waals surface area contributed by atoms with Crippen molar-refractivity contribution >= 4 is 40.8 Å². The number of hydrogen-bond donors (Lipinski definition) is 2. The normalized spacial score (nSPS) is 11.8. The Labute approximate surface area is 130 Å². The molecule has 1 unspecified atom stereocenters. The summed E-state index contributed by atoms with van der Waals surface area (Å²) in [5, 5.41) is 21.7. The van der Waals surface area contributed by atoms with E-state index in [9.17, 15) is 19.7 Å². The van der Waals surface area contributed by atoms with E-state index in [0.29, 0.717) is 0 Å². The Morgan fingerprint density at radius 2 is 2.05 bits per heavy atom. The number of carbonyl (C=O) groups excluding carboxylic acids is 1. The van der Waals surface area contributed by atoms with E-state index in [4.69, 9.17) is 28.3 Å². The number of hydrogen-bond acceptors (Lipinski definition) is 4. The summed E-state index contributed by atoms with van der Waals surface area (Å²) in [6, 6.07) is 2.07. The van der Waals surface area contributed by atoms with Crippen LogP contribution in [0.1, 0.15) is 23.7 Å². The maximum Gasteiger partial charge on any atom is 0.306 e. The molecule has 0 aliphatic carbocycles. The Kier molecular flexibility index (Phi) is 5.92. The smallest absolute Gasteiger partial charge is 0.306 e. The lowest BCUT2D eigenvalue weighted by Gasteiger charge is -2.09. The number of aliphatic carboxylic acids is 1. The van der Waals surface area contributed by atoms with Gasteiger partial charge in [0.05, 0.1) is 26.4 Å². The van der Waals surface area contributed by atoms with Crippen molar-refractivity contribution in [2.75, 3.05) is 6.54 Å². The number of carbonyl (C=O) groups is 2. The van der Waals surface area contributed by atoms with E-state index in [0.717, 1.165) is 12.1 Å². The molecule has 1 atom stereocenters. The van der Waals surface area contributed by atoms with Crippen molar-refractivity contribution in [2.24, 2.45) is 5.92 Å². The molecule has 9 heteroatoms. The standard InChI is InChI=1S/C12H12Cl2N2O5/c1-6(12(18)19)2-3-15-11(17)8-4-7(16(20)21)5-9(13)10(8)14/h4-6H,2-3H2,1H3,(H,15,17)(H,18,19). The van der Waals surface area contributed by atoms with Crippen molar-refractivity contribution < 1.29 is 19.6 Å². The fourth-order valence-electron chi connectivity index (χ4n) is 1.47. The van der Waals surface area contributed by atoms with E-state index in [1.807, 2.05) is 0 Å². The summed E-state index contributed by atoms with van der Waals surface area (Å²) in [6.07, 6.45) is 0.224. The number of carboxylic acid groups (broad SMARTS) is 1. The second kappa shape index (κ2) is 7.24. The SMILES string of the molecule is CC(CCNC(=O)c1cc([N+](=O)[O-])cc(Cl)c1Cl)C(=O)O. The van der Waals surface area contributed by atoms with Crippen molar-refractivity contribution in [1.29, 1.82) is 0 Å². The van der Waals surface area contributed by atoms with Gasteiger partial charge in [0.2, 0.25) is 0 Å². The van der Waals surface area contributed by atoms with Crippen molar-refractivity contribution in [1.82, 2.24) is 5.32 Å². The summed E-state index contributed by atoms with van der Waals surface area (Å²) < 4.78 is 0. The minimum Gasteiger partial charge on any atom is -0.481 e. The summed E-state index contributed by atoms with van der Waals surface area (Å²) in [5.74, 6) is -2.24. The number of nitro groups is 1. The molecule has 0 fully saturated rings. The van der Waals surface area contributed by atoms with Gasteiger partial charge < -0.3 is 10.4 Å². The van der Waals surface area contributed by atoms with Crippen molar-refractivity contribution in [3.05, 3.63) is 37.9 Å². The lowest BCUT2D eigenvalue weighted by atomic mass is 10.1. The van der Waals surface area contributed by atoms with Crippen LogP contribution in [0.5, 0.6) is 0 Å². The molecular formula is C12H12Cl2N2O5. The lowest BCUT2D eigenvalue weighted by molar-refractivity contribution is -0.384. The second-order valence-electron chi connectivity index (χ2n) is 4.33. The van der Waals surface area contributed by atoms with Gasteiger partial charge in [-0.3, -0.25) is 19.7 Å². The quantitative estimate of drug-likeness (QED) is 0.613. The van der Waals surface area contributed by atoms with E-state index in [1.165, 1.54) is 6.92 Å². The maximum absolute atomic E-state index is 11.9. The Morgan fingerprint density at radius 3 is 2.57 bits per heavy atom. The molecule has 0 aromatic heterocycles. The zero-order valence-electron chi connectivity index (χ0n) is 10.9. The third kappa shape index (κ3) is 4.57. The molecule has 1 amide bonds. The van der Waals surface area contributed by atoms with Gasteiger partial charge in [-0.05, 0) is 6.42 Å². The monoisotopic (exact) mass is 334 g/mol. The zero-order chi connectivity index (χ0) is 16.2. The summed E-state index contributed by atoms with van der Waals surface area (Å²) in [4.78, 5) is 32.6. The average Bonchev–Trinajstić information content (AvgIpc) is 2.40. The summed E-state index contributed by atoms with van der Waals surface area (Å²) in [6.45, 7) is 1.61. The number of nitro benzene ring substituents is 1. The van der Waals surface area contributed by atoms with Gasteiger partial charge in [-0.25, -0.2) is 0 Å². The van der Waals surface area contributed by atoms with Gasteiger partial charge in [-0.1, -0.05) is 30.1 Å². The number of benzene rings is 1. The Balaban J connectivity index is 2.83. The number of rotatable bonds is 6. The van der Waals surface area contributed by atoms with Gasteiger partial charge in [0.1, 0.15) is 0 Å². The highest BCUT2D eigenvalue weighted by molar-refractivity contribution is 6.44. The van der Waals surface area contributed by atoms with Gasteiger partial charge in [0, 0.05) is 18.7 Å². The number of non-ortho nitro benzene ring substituents is 1. The van der Waals surface area contributed by atoms with E-state index in [2.05, 4.69) is 5.32 Å². The number of nitrogens with one attached hydrogen (secondary N) is 1. The van der Waals surface area contributed by atoms with Crippen LogP contribution >= 0.6 is 23.2 Å². The van der Waals surface area contributed by atoms with Crippen LogP contribution in [0.2, 0.25) is 10.0 Å². The molecule has 0 aliphatic heterocycles. The average molecular weight is 335 g/mol. The Bertz CT molecular complexity index is 591. The highest BCUT2D eigenvalue weighted by atomic mass is 35.5. The van der Waals surface area contributed by atoms with E-state index >= 15 is 0 Å². The first-order valence-corrected chi connectivity index (χ1v) is 6.64. The fourth-order valence-corrected chi connectivity index (χ4v) is 1.87. The van der Waals surface area contributed by atoms with Gasteiger partial charge in [-0.15, -0.1) is 0 Å². The highest BCUT2D eigenvalue weighted by Gasteiger charge is 2.19. The van der Waals surface area contributed by atoms with E-state index < -0.39 is 22.7 Å². The van der Waals surface area contributed by atoms with Crippen LogP contribution < -0.4 is 5.32 Å². The number of halogens is 2. The minimum atomic E-state index is -0.972. The van der Waals surface area contributed by atoms with Crippen LogP contribution in [0.25, 0.3) is 0 Å². The third-order valence-corrected chi connectivity index (χ3v) is 3.55. The molecule has 0 radical (unpaired) electrons. The third-order valence-electron chi connectivity index (χ3n) is 2.75. The zero-order valence-corrected chi connectivity index (χ0v) is 12.4. The summed E-state index contributed by atoms with van der Waals surface area (Å²) in [5.41, 5.74) is -0.479. The molecule has 0 heterocycles. The first-order valence-electron chi connectivity index (χ1n) is 5.88. The molecule has 0 saturated carbocycles. The molecule has 2 N–H and O–H groups in total. The first-order chi connectivity index (χ1) is 9.73. The molecule has 114 valence electrons. The van der Waals surface area contributed by atoms with Crippen molar-refractivity contribution in [3.63, 3.8) is 0 Å². The predicted octanol–water partition coefficient (Wildman–Crippen LogP) is 2.74. The topological polar surface area (TPSA) is 110 Å². The van der Waals surface area contributed by atoms with E-state index in [-0.39, 0.29) is 34.3 Å². The van der Waals surface area contributed by atoms with Crippen LogP contribution in [-0.2, 0) is 4.79 Å². The molecule has 1 rings (SSSR count). The molecule has 21 heavy (non-hydrogen) atoms. The maximum atomic E-state index is 11.9. The Hall–Kier alpha value is -1.86. The number of nitrogens with zero attached hydrogens (tertiary/aromatic N) is 1. The van der Waals surface area contributed by atoms with E-state index in [1.54, 1.807) is 0 Å². The molecule has 0 bridgehead atoms. The number of carboxylic acids is 1. The van der Waals surface area contributed by atoms with Crippen LogP contribution in [0.15, 0.2) is 12.1 Å². The van der Waals surface area contributed by atoms with Gasteiger partial charge in [-0.2, -0.15) is 0 Å². The lowest BCUT2D eigenvalue weighted by Crippen LogP contribution is -2.27. The van der Waals surface area contributed by atoms with Crippen molar-refractivity contribution in [2.45, 2.75) is 13.3 Å². The molecular weight excluding hydrogens is 323 g/mol. The van der Waals surface area contributed by atoms with Crippen LogP contribution in [0.4, 0.5) is 5.69 Å². The largest absolute Gasteiger partial charge is 0.481 e. The molecule has 0 aliphatic rings. The van der Waals surface area contributed by atoms with Gasteiger partial charge in [0.15, 0.2) is 0 Å². The van der Waals surface area contributed by atoms with Gasteiger partial charge in [0.25, 0.3) is 11.6 Å². The molecule has 1 aromatic carbocycles. The molecule has 0 saturated heterocycles. The number of amides is 1. The summed E-state index contributed by atoms with van der Waals surface area (Å²) >= 11 is 11.6. The Morgan fingerprint density at radius 1 is 1.43 bits per heavy atom. The molecule has 7 nitrogen and oxygen atoms in total. The highest BCUT2D eigenvalue weighted by Crippen LogP contribution is 2.30. The minimum absolute atomic E-state index is 0.0916. The van der Waals surface area contributed by atoms with Gasteiger partial charge >= 0.3 is 5.97 Å². The molecule has 1 aromatic rings. The van der Waals surface area contributed by atoms with Crippen molar-refractivity contribution in [3.8, 4) is 0 Å².